The van der Waals surface area contributed by atoms with Gasteiger partial charge in [0.15, 0.2) is 0 Å². The molecule has 0 aliphatic heterocycles. The SMILES string of the molecule is Cc1cc2c(-c3cc(F)cc(F)c3)cccc2[cH-]1.Cc1cc2c(-c3cc(F)cc(F)c3)cccc2[cH-]1.Cl.Cl.[CH3-].[CH3-].[Si]=[Zr]. The van der Waals surface area contributed by atoms with E-state index in [0.29, 0.717) is 11.1 Å². The number of hydrogen-bond donors (Lipinski definition) is 0. The Bertz CT molecular complexity index is 1580. The Kier molecular flexibility index (Phi) is 16.5. The Morgan fingerprint density at radius 2 is 0.833 bits per heavy atom. The second-order valence-electron chi connectivity index (χ2n) is 9.00. The first-order valence-corrected chi connectivity index (χ1v) is 16.0. The number of fused-ring (bicyclic) bond motifs is 2. The van der Waals surface area contributed by atoms with Crippen molar-refractivity contribution >= 4 is 53.2 Å². The van der Waals surface area contributed by atoms with E-state index in [4.69, 9.17) is 0 Å². The molecule has 2 radical (unpaired) electrons. The molecule has 0 fully saturated rings. The van der Waals surface area contributed by atoms with Crippen molar-refractivity contribution < 1.29 is 40.9 Å². The van der Waals surface area contributed by atoms with Crippen LogP contribution in [0.3, 0.4) is 0 Å². The number of benzene rings is 4. The van der Waals surface area contributed by atoms with E-state index >= 15 is 0 Å². The van der Waals surface area contributed by atoms with Gasteiger partial charge in [-0.1, -0.05) is 37.1 Å². The van der Waals surface area contributed by atoms with Crippen LogP contribution in [0.25, 0.3) is 43.8 Å². The number of halogens is 6. The summed E-state index contributed by atoms with van der Waals surface area (Å²) in [7, 11) is 0. The number of rotatable bonds is 2. The Morgan fingerprint density at radius 3 is 1.14 bits per heavy atom. The van der Waals surface area contributed by atoms with Crippen molar-refractivity contribution in [1.82, 2.24) is 0 Å². The number of aryl methyl sites for hydroxylation is 2. The second kappa shape index (κ2) is 17.6. The van der Waals surface area contributed by atoms with E-state index in [1.165, 1.54) is 47.6 Å². The van der Waals surface area contributed by atoms with E-state index in [-0.39, 0.29) is 39.7 Å². The third-order valence-electron chi connectivity index (χ3n) is 6.14. The molecule has 0 saturated heterocycles. The monoisotopic (exact) mass is 702 g/mol. The molecule has 0 N–H and O–H groups in total. The quantitative estimate of drug-likeness (QED) is 0.0956. The minimum absolute atomic E-state index is 0. The summed E-state index contributed by atoms with van der Waals surface area (Å²) >= 11 is 1.36. The fraction of sp³-hybridized carbons (Fsp3) is 0.0588. The van der Waals surface area contributed by atoms with Gasteiger partial charge in [0.25, 0.3) is 0 Å². The fourth-order valence-electron chi connectivity index (χ4n) is 4.69. The molecule has 0 spiro atoms. The van der Waals surface area contributed by atoms with E-state index < -0.39 is 23.3 Å². The van der Waals surface area contributed by atoms with E-state index in [0.717, 1.165) is 55.9 Å². The van der Waals surface area contributed by atoms with Crippen LogP contribution in [0.2, 0.25) is 0 Å². The molecule has 0 aliphatic carbocycles. The van der Waals surface area contributed by atoms with E-state index in [2.05, 4.69) is 19.0 Å². The summed E-state index contributed by atoms with van der Waals surface area (Å²) in [4.78, 5) is 0. The van der Waals surface area contributed by atoms with E-state index in [1.807, 2.05) is 62.4 Å². The van der Waals surface area contributed by atoms with Gasteiger partial charge in [0.2, 0.25) is 0 Å². The Labute approximate surface area is 274 Å². The van der Waals surface area contributed by atoms with Crippen LogP contribution in [0.5, 0.6) is 0 Å². The first kappa shape index (κ1) is 39.5. The average molecular weight is 705 g/mol. The standard InChI is InChI=1S/2C16H11F2.2CH3.2ClH.Si.Zr/c2*1-10-5-11-3-2-4-15(16(11)6-10)12-7-13(17)9-14(18)8-12;;;;;;/h2*2-9H,1H3;2*1H3;2*1H;;/q4*-1;;;;. The summed E-state index contributed by atoms with van der Waals surface area (Å²) in [5.41, 5.74) is 5.16. The molecule has 0 nitrogen and oxygen atoms in total. The van der Waals surface area contributed by atoms with Gasteiger partial charge in [-0.05, 0) is 35.4 Å². The molecule has 0 amide bonds. The molecule has 0 unspecified atom stereocenters. The van der Waals surface area contributed by atoms with Crippen LogP contribution in [0.4, 0.5) is 17.6 Å². The topological polar surface area (TPSA) is 0 Å². The van der Waals surface area contributed by atoms with Gasteiger partial charge in [0.1, 0.15) is 23.3 Å². The van der Waals surface area contributed by atoms with Crippen molar-refractivity contribution in [2.45, 2.75) is 13.8 Å². The van der Waals surface area contributed by atoms with Crippen molar-refractivity contribution in [3.63, 3.8) is 0 Å². The third-order valence-corrected chi connectivity index (χ3v) is 6.14. The van der Waals surface area contributed by atoms with Crippen molar-refractivity contribution in [3.8, 4) is 22.3 Å². The van der Waals surface area contributed by atoms with Crippen LogP contribution in [-0.2, 0) is 23.3 Å². The molecule has 0 atom stereocenters. The zero-order chi connectivity index (χ0) is 27.4. The number of hydrogen-bond acceptors (Lipinski definition) is 0. The molecule has 0 saturated carbocycles. The summed E-state index contributed by atoms with van der Waals surface area (Å²) in [5.74, 6) is -2.20. The molecule has 220 valence electrons. The van der Waals surface area contributed by atoms with E-state index in [9.17, 15) is 17.6 Å². The van der Waals surface area contributed by atoms with Gasteiger partial charge in [0, 0.05) is 12.1 Å². The summed E-state index contributed by atoms with van der Waals surface area (Å²) in [6.07, 6.45) is 0. The molecule has 8 heteroatoms. The molecule has 0 aromatic heterocycles. The zero-order valence-electron chi connectivity index (χ0n) is 23.6. The molecule has 0 bridgehead atoms. The van der Waals surface area contributed by atoms with Gasteiger partial charge in [-0.15, -0.1) is 93.9 Å². The molecular weight excluding hydrogens is 675 g/mol. The maximum absolute atomic E-state index is 13.3. The van der Waals surface area contributed by atoms with Gasteiger partial charge in [-0.3, -0.25) is 0 Å². The molecule has 6 aromatic carbocycles. The molecule has 42 heavy (non-hydrogen) atoms. The first-order valence-electron chi connectivity index (χ1n) is 11.8. The summed E-state index contributed by atoms with van der Waals surface area (Å²) in [6, 6.07) is 27.0. The van der Waals surface area contributed by atoms with Gasteiger partial charge in [-0.2, -0.15) is 12.1 Å². The normalized spacial score (nSPS) is 9.55. The van der Waals surface area contributed by atoms with Crippen LogP contribution in [0.1, 0.15) is 11.1 Å². The van der Waals surface area contributed by atoms with Crippen molar-refractivity contribution in [1.29, 1.82) is 0 Å². The van der Waals surface area contributed by atoms with Crippen molar-refractivity contribution in [3.05, 3.63) is 146 Å². The molecule has 6 rings (SSSR count). The summed E-state index contributed by atoms with van der Waals surface area (Å²) in [5, 5.41) is 4.24. The summed E-state index contributed by atoms with van der Waals surface area (Å²) in [6.45, 7) is 7.08. The molecule has 0 aliphatic rings. The van der Waals surface area contributed by atoms with Crippen LogP contribution >= 0.6 is 24.8 Å². The zero-order valence-corrected chi connectivity index (χ0v) is 28.7. The Morgan fingerprint density at radius 1 is 0.524 bits per heavy atom. The van der Waals surface area contributed by atoms with Crippen LogP contribution in [0, 0.1) is 52.0 Å². The predicted molar refractivity (Wildman–Crippen MR) is 172 cm³/mol. The molecular formula is C34H30Cl2F4SiZr-4. The van der Waals surface area contributed by atoms with Crippen LogP contribution in [0.15, 0.2) is 97.1 Å². The average Bonchev–Trinajstić information content (AvgIpc) is 3.44. The van der Waals surface area contributed by atoms with Crippen molar-refractivity contribution in [2.75, 3.05) is 0 Å². The van der Waals surface area contributed by atoms with Gasteiger partial charge >= 0.3 is 30.2 Å². The second-order valence-corrected chi connectivity index (χ2v) is 9.00. The predicted octanol–water partition coefficient (Wildman–Crippen LogP) is 11.0. The first-order chi connectivity index (χ1) is 18.3. The Hall–Kier alpha value is -2.50. The van der Waals surface area contributed by atoms with Gasteiger partial charge in [0.05, 0.1) is 0 Å². The third kappa shape index (κ3) is 9.25. The van der Waals surface area contributed by atoms with Crippen LogP contribution in [-0.4, -0.2) is 6.88 Å². The molecule has 6 aromatic rings. The van der Waals surface area contributed by atoms with Gasteiger partial charge in [-0.25, -0.2) is 17.6 Å². The minimum atomic E-state index is -0.551. The van der Waals surface area contributed by atoms with Crippen LogP contribution < -0.4 is 0 Å². The molecule has 0 heterocycles. The van der Waals surface area contributed by atoms with E-state index in [1.54, 1.807) is 0 Å². The summed E-state index contributed by atoms with van der Waals surface area (Å²) < 4.78 is 53.1. The fourth-order valence-corrected chi connectivity index (χ4v) is 4.69. The van der Waals surface area contributed by atoms with Crippen molar-refractivity contribution in [2.24, 2.45) is 0 Å². The maximum atomic E-state index is 13.3. The van der Waals surface area contributed by atoms with Gasteiger partial charge < -0.3 is 14.9 Å². The Balaban J connectivity index is 0.000000694.